The van der Waals surface area contributed by atoms with Crippen LogP contribution in [0.4, 0.5) is 4.79 Å². The highest BCUT2D eigenvalue weighted by Gasteiger charge is 2.33. The molecule has 1 unspecified atom stereocenters. The molecule has 0 bridgehead atoms. The number of carbonyl (C=O) groups excluding carboxylic acids is 1. The van der Waals surface area contributed by atoms with Gasteiger partial charge in [-0.3, -0.25) is 4.90 Å². The first-order valence-electron chi connectivity index (χ1n) is 8.86. The van der Waals surface area contributed by atoms with Gasteiger partial charge in [-0.25, -0.2) is 4.79 Å². The summed E-state index contributed by atoms with van der Waals surface area (Å²) in [6, 6.07) is 7.99. The maximum atomic E-state index is 11.6. The zero-order valence-corrected chi connectivity index (χ0v) is 14.4. The minimum atomic E-state index is -0.203. The van der Waals surface area contributed by atoms with Gasteiger partial charge in [-0.1, -0.05) is 29.8 Å². The zero-order valence-electron chi connectivity index (χ0n) is 14.4. The summed E-state index contributed by atoms with van der Waals surface area (Å²) in [5.74, 6) is 1.04. The lowest BCUT2D eigenvalue weighted by atomic mass is 10.1. The topological polar surface area (TPSA) is 74.5 Å². The lowest BCUT2D eigenvalue weighted by Gasteiger charge is -2.26. The Hall–Kier alpha value is -2.41. The molecule has 25 heavy (non-hydrogen) atoms. The monoisotopic (exact) mass is 341 g/mol. The van der Waals surface area contributed by atoms with E-state index in [1.54, 1.807) is 11.9 Å². The normalized spacial score (nSPS) is 21.6. The third kappa shape index (κ3) is 3.37. The van der Waals surface area contributed by atoms with Crippen molar-refractivity contribution in [1.82, 2.24) is 25.3 Å². The third-order valence-electron chi connectivity index (χ3n) is 5.00. The molecular formula is C18H23N5O2. The van der Waals surface area contributed by atoms with E-state index in [4.69, 9.17) is 4.52 Å². The second-order valence-electron chi connectivity index (χ2n) is 6.81. The van der Waals surface area contributed by atoms with Crippen molar-refractivity contribution in [2.24, 2.45) is 0 Å². The standard InChI is InChI=1S/C18H23N5O2/c1-22-15(11-19-18(22)24)17-20-16(21-25-17)14-7-5-6-13(10-14)12-23-8-3-2-4-9-23/h5-7,10,15H,2-4,8-9,11-12H2,1H3,(H,19,24). The van der Waals surface area contributed by atoms with E-state index in [9.17, 15) is 4.79 Å². The summed E-state index contributed by atoms with van der Waals surface area (Å²) in [6.07, 6.45) is 3.92. The van der Waals surface area contributed by atoms with E-state index in [0.29, 0.717) is 18.3 Å². The van der Waals surface area contributed by atoms with Crippen LogP contribution in [0.3, 0.4) is 0 Å². The molecule has 2 aromatic rings. The van der Waals surface area contributed by atoms with Crippen LogP contribution in [0.1, 0.15) is 36.8 Å². The summed E-state index contributed by atoms with van der Waals surface area (Å²) in [5, 5.41) is 6.89. The first-order chi connectivity index (χ1) is 12.2. The van der Waals surface area contributed by atoms with Crippen LogP contribution in [-0.4, -0.2) is 52.7 Å². The van der Waals surface area contributed by atoms with Crippen molar-refractivity contribution in [3.05, 3.63) is 35.7 Å². The van der Waals surface area contributed by atoms with Crippen molar-refractivity contribution in [2.75, 3.05) is 26.7 Å². The van der Waals surface area contributed by atoms with Gasteiger partial charge in [0.1, 0.15) is 6.04 Å². The van der Waals surface area contributed by atoms with Gasteiger partial charge in [-0.05, 0) is 37.6 Å². The van der Waals surface area contributed by atoms with Crippen LogP contribution in [0.15, 0.2) is 28.8 Å². The molecule has 2 aliphatic rings. The highest BCUT2D eigenvalue weighted by Crippen LogP contribution is 2.25. The van der Waals surface area contributed by atoms with Gasteiger partial charge in [-0.15, -0.1) is 0 Å². The van der Waals surface area contributed by atoms with E-state index < -0.39 is 0 Å². The SMILES string of the molecule is CN1C(=O)NCC1c1nc(-c2cccc(CN3CCCCC3)c2)no1. The zero-order chi connectivity index (χ0) is 17.2. The van der Waals surface area contributed by atoms with Crippen LogP contribution in [0, 0.1) is 0 Å². The predicted molar refractivity (Wildman–Crippen MR) is 92.8 cm³/mol. The second kappa shape index (κ2) is 6.84. The lowest BCUT2D eigenvalue weighted by Crippen LogP contribution is -2.29. The summed E-state index contributed by atoms with van der Waals surface area (Å²) in [4.78, 5) is 20.2. The van der Waals surface area contributed by atoms with Gasteiger partial charge in [0.2, 0.25) is 5.82 Å². The minimum Gasteiger partial charge on any atom is -0.337 e. The van der Waals surface area contributed by atoms with E-state index in [0.717, 1.165) is 12.1 Å². The number of rotatable bonds is 4. The number of nitrogens with one attached hydrogen (secondary N) is 1. The van der Waals surface area contributed by atoms with Crippen molar-refractivity contribution in [3.8, 4) is 11.4 Å². The van der Waals surface area contributed by atoms with E-state index in [1.807, 2.05) is 12.1 Å². The molecule has 1 aromatic heterocycles. The Kier molecular flexibility index (Phi) is 4.40. The van der Waals surface area contributed by atoms with Crippen molar-refractivity contribution in [1.29, 1.82) is 0 Å². The highest BCUT2D eigenvalue weighted by molar-refractivity contribution is 5.76. The number of amides is 2. The molecule has 1 atom stereocenters. The van der Waals surface area contributed by atoms with Crippen molar-refractivity contribution in [2.45, 2.75) is 31.8 Å². The number of piperidine rings is 1. The smallest absolute Gasteiger partial charge is 0.317 e. The Morgan fingerprint density at radius 2 is 2.12 bits per heavy atom. The van der Waals surface area contributed by atoms with Gasteiger partial charge in [0.25, 0.3) is 5.89 Å². The van der Waals surface area contributed by atoms with Gasteiger partial charge >= 0.3 is 6.03 Å². The first kappa shape index (κ1) is 16.1. The van der Waals surface area contributed by atoms with Crippen LogP contribution >= 0.6 is 0 Å². The van der Waals surface area contributed by atoms with Crippen LogP contribution in [0.25, 0.3) is 11.4 Å². The molecule has 0 spiro atoms. The van der Waals surface area contributed by atoms with Crippen LogP contribution < -0.4 is 5.32 Å². The molecule has 2 amide bonds. The van der Waals surface area contributed by atoms with Gasteiger partial charge < -0.3 is 14.7 Å². The molecular weight excluding hydrogens is 318 g/mol. The van der Waals surface area contributed by atoms with E-state index in [1.165, 1.54) is 37.9 Å². The Labute approximate surface area is 147 Å². The second-order valence-corrected chi connectivity index (χ2v) is 6.81. The van der Waals surface area contributed by atoms with E-state index >= 15 is 0 Å². The van der Waals surface area contributed by atoms with Crippen LogP contribution in [0.2, 0.25) is 0 Å². The maximum Gasteiger partial charge on any atom is 0.317 e. The van der Waals surface area contributed by atoms with E-state index in [-0.39, 0.29) is 12.1 Å². The fourth-order valence-electron chi connectivity index (χ4n) is 3.51. The average molecular weight is 341 g/mol. The number of urea groups is 1. The van der Waals surface area contributed by atoms with Crippen LogP contribution in [0.5, 0.6) is 0 Å². The number of aromatic nitrogens is 2. The number of nitrogens with zero attached hydrogens (tertiary/aromatic N) is 4. The molecule has 4 rings (SSSR count). The molecule has 2 aliphatic heterocycles. The number of hydrogen-bond acceptors (Lipinski definition) is 5. The molecule has 7 heteroatoms. The lowest BCUT2D eigenvalue weighted by molar-refractivity contribution is 0.207. The highest BCUT2D eigenvalue weighted by atomic mass is 16.5. The fraction of sp³-hybridized carbons (Fsp3) is 0.500. The largest absolute Gasteiger partial charge is 0.337 e. The van der Waals surface area contributed by atoms with Gasteiger partial charge in [0.05, 0.1) is 0 Å². The molecule has 0 aliphatic carbocycles. The van der Waals surface area contributed by atoms with Crippen molar-refractivity contribution < 1.29 is 9.32 Å². The summed E-state index contributed by atoms with van der Waals surface area (Å²) in [5.41, 5.74) is 2.21. The van der Waals surface area contributed by atoms with Crippen LogP contribution in [-0.2, 0) is 6.54 Å². The quantitative estimate of drug-likeness (QED) is 0.924. The molecule has 1 N–H and O–H groups in total. The Bertz CT molecular complexity index is 753. The van der Waals surface area contributed by atoms with Gasteiger partial charge in [0.15, 0.2) is 0 Å². The Morgan fingerprint density at radius 1 is 1.28 bits per heavy atom. The number of hydrogen-bond donors (Lipinski definition) is 1. The molecule has 2 saturated heterocycles. The molecule has 0 radical (unpaired) electrons. The molecule has 1 aromatic carbocycles. The summed E-state index contributed by atoms with van der Waals surface area (Å²) < 4.78 is 5.41. The Balaban J connectivity index is 1.50. The number of likely N-dealkylation sites (N-methyl/N-ethyl adjacent to an activating group) is 1. The summed E-state index contributed by atoms with van der Waals surface area (Å²) in [7, 11) is 1.73. The number of benzene rings is 1. The number of likely N-dealkylation sites (tertiary alicyclic amines) is 1. The molecule has 132 valence electrons. The van der Waals surface area contributed by atoms with E-state index in [2.05, 4.69) is 32.5 Å². The summed E-state index contributed by atoms with van der Waals surface area (Å²) >= 11 is 0. The molecule has 0 saturated carbocycles. The Morgan fingerprint density at radius 3 is 2.88 bits per heavy atom. The minimum absolute atomic E-state index is 0.117. The van der Waals surface area contributed by atoms with Gasteiger partial charge in [-0.2, -0.15) is 4.98 Å². The van der Waals surface area contributed by atoms with Crippen molar-refractivity contribution in [3.63, 3.8) is 0 Å². The maximum absolute atomic E-state index is 11.6. The van der Waals surface area contributed by atoms with Crippen molar-refractivity contribution >= 4 is 6.03 Å². The van der Waals surface area contributed by atoms with Gasteiger partial charge in [0, 0.05) is 25.7 Å². The first-order valence-corrected chi connectivity index (χ1v) is 8.86. The third-order valence-corrected chi connectivity index (χ3v) is 5.00. The molecule has 7 nitrogen and oxygen atoms in total. The molecule has 3 heterocycles. The fourth-order valence-corrected chi connectivity index (χ4v) is 3.51. The predicted octanol–water partition coefficient (Wildman–Crippen LogP) is 2.42. The number of carbonyl (C=O) groups is 1. The molecule has 2 fully saturated rings. The summed E-state index contributed by atoms with van der Waals surface area (Å²) in [6.45, 7) is 3.80. The average Bonchev–Trinajstić information content (AvgIpc) is 3.24.